The van der Waals surface area contributed by atoms with E-state index in [0.717, 1.165) is 29.2 Å². The molecule has 1 fully saturated rings. The lowest BCUT2D eigenvalue weighted by Crippen LogP contribution is -2.53. The molecule has 1 aromatic heterocycles. The number of β-amino-alcohol motifs (C(OH)–C–C–N with tert-alkyl or cyclic N) is 1. The highest BCUT2D eigenvalue weighted by Gasteiger charge is 2.30. The Bertz CT molecular complexity index is 789. The average Bonchev–Trinajstić information content (AvgIpc) is 2.89. The molecule has 6 nitrogen and oxygen atoms in total. The molecule has 1 saturated heterocycles. The molecule has 2 N–H and O–H groups in total. The Morgan fingerprint density at radius 2 is 2.19 bits per heavy atom. The van der Waals surface area contributed by atoms with E-state index in [4.69, 9.17) is 4.52 Å². The van der Waals surface area contributed by atoms with Crippen LogP contribution in [0.15, 0.2) is 22.7 Å². The number of hydrogen-bond acceptors (Lipinski definition) is 5. The second kappa shape index (κ2) is 7.51. The van der Waals surface area contributed by atoms with E-state index in [-0.39, 0.29) is 5.56 Å². The van der Waals surface area contributed by atoms with Crippen molar-refractivity contribution in [2.75, 3.05) is 13.1 Å². The third-order valence-corrected chi connectivity index (χ3v) is 4.72. The van der Waals surface area contributed by atoms with E-state index < -0.39 is 29.7 Å². The SMILES string of the molecule is Cc1noc(C)c1CN1CC[C@@H](NC(=O)c2ccc(F)cc2F)[C@H](O)C1. The average molecular weight is 365 g/mol. The molecule has 2 heterocycles. The maximum absolute atomic E-state index is 13.7. The van der Waals surface area contributed by atoms with Crippen molar-refractivity contribution in [3.05, 3.63) is 52.4 Å². The Labute approximate surface area is 149 Å². The highest BCUT2D eigenvalue weighted by molar-refractivity contribution is 5.94. The Morgan fingerprint density at radius 1 is 1.42 bits per heavy atom. The first kappa shape index (κ1) is 18.5. The molecule has 0 unspecified atom stereocenters. The lowest BCUT2D eigenvalue weighted by Gasteiger charge is -2.36. The highest BCUT2D eigenvalue weighted by Crippen LogP contribution is 2.19. The van der Waals surface area contributed by atoms with E-state index in [0.29, 0.717) is 32.1 Å². The molecular weight excluding hydrogens is 344 g/mol. The summed E-state index contributed by atoms with van der Waals surface area (Å²) in [6.45, 7) is 5.33. The van der Waals surface area contributed by atoms with Crippen molar-refractivity contribution >= 4 is 5.91 Å². The van der Waals surface area contributed by atoms with E-state index in [1.807, 2.05) is 13.8 Å². The number of amides is 1. The van der Waals surface area contributed by atoms with Gasteiger partial charge >= 0.3 is 0 Å². The lowest BCUT2D eigenvalue weighted by molar-refractivity contribution is 0.0346. The molecule has 0 spiro atoms. The summed E-state index contributed by atoms with van der Waals surface area (Å²) in [5.74, 6) is -1.58. The van der Waals surface area contributed by atoms with Gasteiger partial charge in [0.1, 0.15) is 17.4 Å². The molecule has 1 aromatic carbocycles. The zero-order chi connectivity index (χ0) is 18.8. The first-order valence-corrected chi connectivity index (χ1v) is 8.43. The Balaban J connectivity index is 1.59. The number of hydrogen-bond donors (Lipinski definition) is 2. The lowest BCUT2D eigenvalue weighted by atomic mass is 10.00. The molecule has 3 rings (SSSR count). The third-order valence-electron chi connectivity index (χ3n) is 4.72. The summed E-state index contributed by atoms with van der Waals surface area (Å²) in [6, 6.07) is 2.30. The summed E-state index contributed by atoms with van der Waals surface area (Å²) in [5, 5.41) is 16.9. The van der Waals surface area contributed by atoms with Gasteiger partial charge in [0.05, 0.1) is 23.4 Å². The minimum atomic E-state index is -0.923. The molecule has 0 radical (unpaired) electrons. The molecule has 1 aliphatic heterocycles. The minimum Gasteiger partial charge on any atom is -0.390 e. The molecule has 140 valence electrons. The normalized spacial score (nSPS) is 21.0. The van der Waals surface area contributed by atoms with Gasteiger partial charge < -0.3 is 14.9 Å². The quantitative estimate of drug-likeness (QED) is 0.866. The van der Waals surface area contributed by atoms with Crippen molar-refractivity contribution in [1.82, 2.24) is 15.4 Å². The van der Waals surface area contributed by atoms with Crippen LogP contribution in [0.3, 0.4) is 0 Å². The number of likely N-dealkylation sites (tertiary alicyclic amines) is 1. The number of benzene rings is 1. The van der Waals surface area contributed by atoms with Crippen LogP contribution in [0, 0.1) is 25.5 Å². The Kier molecular flexibility index (Phi) is 5.33. The van der Waals surface area contributed by atoms with Gasteiger partial charge in [0.2, 0.25) is 0 Å². The van der Waals surface area contributed by atoms with Gasteiger partial charge in [-0.2, -0.15) is 0 Å². The summed E-state index contributed by atoms with van der Waals surface area (Å²) >= 11 is 0. The highest BCUT2D eigenvalue weighted by atomic mass is 19.1. The molecule has 8 heteroatoms. The van der Waals surface area contributed by atoms with Crippen LogP contribution in [0.1, 0.15) is 33.8 Å². The summed E-state index contributed by atoms with van der Waals surface area (Å²) < 4.78 is 31.8. The van der Waals surface area contributed by atoms with Crippen LogP contribution >= 0.6 is 0 Å². The van der Waals surface area contributed by atoms with Gasteiger partial charge in [-0.1, -0.05) is 5.16 Å². The van der Waals surface area contributed by atoms with Gasteiger partial charge in [-0.25, -0.2) is 8.78 Å². The van der Waals surface area contributed by atoms with Crippen molar-refractivity contribution in [2.45, 2.75) is 39.0 Å². The van der Waals surface area contributed by atoms with Crippen molar-refractivity contribution < 1.29 is 23.2 Å². The van der Waals surface area contributed by atoms with Gasteiger partial charge in [-0.05, 0) is 32.4 Å². The molecule has 1 amide bonds. The van der Waals surface area contributed by atoms with Crippen molar-refractivity contribution in [3.63, 3.8) is 0 Å². The number of aliphatic hydroxyl groups excluding tert-OH is 1. The number of aliphatic hydroxyl groups is 1. The number of nitrogens with zero attached hydrogens (tertiary/aromatic N) is 2. The van der Waals surface area contributed by atoms with Gasteiger partial charge in [0, 0.05) is 31.3 Å². The number of aryl methyl sites for hydroxylation is 2. The summed E-state index contributed by atoms with van der Waals surface area (Å²) in [6.07, 6.45) is -0.282. The fourth-order valence-corrected chi connectivity index (χ4v) is 3.18. The van der Waals surface area contributed by atoms with Crippen molar-refractivity contribution in [2.24, 2.45) is 0 Å². The van der Waals surface area contributed by atoms with E-state index >= 15 is 0 Å². The number of piperidine rings is 1. The van der Waals surface area contributed by atoms with Crippen LogP contribution in [0.4, 0.5) is 8.78 Å². The summed E-state index contributed by atoms with van der Waals surface area (Å²) in [5.41, 5.74) is 1.57. The molecular formula is C18H21F2N3O3. The summed E-state index contributed by atoms with van der Waals surface area (Å²) in [7, 11) is 0. The predicted molar refractivity (Wildman–Crippen MR) is 89.5 cm³/mol. The first-order chi connectivity index (χ1) is 12.3. The van der Waals surface area contributed by atoms with Crippen LogP contribution < -0.4 is 5.32 Å². The van der Waals surface area contributed by atoms with Gasteiger partial charge in [-0.3, -0.25) is 9.69 Å². The molecule has 0 bridgehead atoms. The van der Waals surface area contributed by atoms with Crippen LogP contribution in [0.25, 0.3) is 0 Å². The van der Waals surface area contributed by atoms with Crippen molar-refractivity contribution in [1.29, 1.82) is 0 Å². The monoisotopic (exact) mass is 365 g/mol. The largest absolute Gasteiger partial charge is 0.390 e. The third kappa shape index (κ3) is 3.91. The smallest absolute Gasteiger partial charge is 0.254 e. The number of carbonyl (C=O) groups is 1. The molecule has 26 heavy (non-hydrogen) atoms. The zero-order valence-corrected chi connectivity index (χ0v) is 14.6. The van der Waals surface area contributed by atoms with E-state index in [9.17, 15) is 18.7 Å². The van der Waals surface area contributed by atoms with Crippen LogP contribution in [-0.4, -0.2) is 46.3 Å². The molecule has 0 aliphatic carbocycles. The number of carbonyl (C=O) groups excluding carboxylic acids is 1. The molecule has 2 atom stereocenters. The van der Waals surface area contributed by atoms with Gasteiger partial charge in [0.25, 0.3) is 5.91 Å². The number of rotatable bonds is 4. The van der Waals surface area contributed by atoms with Crippen LogP contribution in [-0.2, 0) is 6.54 Å². The molecule has 2 aromatic rings. The standard InChI is InChI=1S/C18H21F2N3O3/c1-10-14(11(2)26-22-10)8-23-6-5-16(17(24)9-23)21-18(25)13-4-3-12(19)7-15(13)20/h3-4,7,16-17,24H,5-6,8-9H2,1-2H3,(H,21,25)/t16-,17-/m1/s1. The minimum absolute atomic E-state index is 0.239. The first-order valence-electron chi connectivity index (χ1n) is 8.43. The fraction of sp³-hybridized carbons (Fsp3) is 0.444. The van der Waals surface area contributed by atoms with Gasteiger partial charge in [-0.15, -0.1) is 0 Å². The Hall–Kier alpha value is -2.32. The maximum Gasteiger partial charge on any atom is 0.254 e. The number of aromatic nitrogens is 1. The molecule has 1 aliphatic rings. The van der Waals surface area contributed by atoms with E-state index in [1.54, 1.807) is 0 Å². The topological polar surface area (TPSA) is 78.6 Å². The van der Waals surface area contributed by atoms with Crippen LogP contribution in [0.5, 0.6) is 0 Å². The Morgan fingerprint density at radius 3 is 2.81 bits per heavy atom. The second-order valence-electron chi connectivity index (χ2n) is 6.60. The van der Waals surface area contributed by atoms with E-state index in [1.165, 1.54) is 0 Å². The van der Waals surface area contributed by atoms with Gasteiger partial charge in [0.15, 0.2) is 0 Å². The fourth-order valence-electron chi connectivity index (χ4n) is 3.18. The number of halogens is 2. The van der Waals surface area contributed by atoms with Crippen LogP contribution in [0.2, 0.25) is 0 Å². The predicted octanol–water partition coefficient (Wildman–Crippen LogP) is 1.93. The molecule has 0 saturated carbocycles. The van der Waals surface area contributed by atoms with E-state index in [2.05, 4.69) is 15.4 Å². The van der Waals surface area contributed by atoms with Crippen molar-refractivity contribution in [3.8, 4) is 0 Å². The zero-order valence-electron chi connectivity index (χ0n) is 14.6. The number of nitrogens with one attached hydrogen (secondary N) is 1. The second-order valence-corrected chi connectivity index (χ2v) is 6.60. The maximum atomic E-state index is 13.7. The summed E-state index contributed by atoms with van der Waals surface area (Å²) in [4.78, 5) is 14.3.